The molecule has 114 valence electrons. The van der Waals surface area contributed by atoms with Crippen molar-refractivity contribution in [2.24, 2.45) is 11.3 Å². The van der Waals surface area contributed by atoms with E-state index in [4.69, 9.17) is 0 Å². The first-order valence-corrected chi connectivity index (χ1v) is 8.13. The Morgan fingerprint density at radius 1 is 1.11 bits per heavy atom. The van der Waals surface area contributed by atoms with Crippen molar-refractivity contribution in [3.05, 3.63) is 0 Å². The number of nitrogens with one attached hydrogen (secondary N) is 1. The van der Waals surface area contributed by atoms with Gasteiger partial charge in [-0.3, -0.25) is 0 Å². The van der Waals surface area contributed by atoms with Crippen LogP contribution >= 0.6 is 0 Å². The fraction of sp³-hybridized carbons (Fsp3) is 1.00. The maximum Gasteiger partial charge on any atom is 0.0132 e. The van der Waals surface area contributed by atoms with Gasteiger partial charge in [-0.25, -0.2) is 0 Å². The molecule has 0 spiro atoms. The zero-order valence-corrected chi connectivity index (χ0v) is 14.3. The van der Waals surface area contributed by atoms with Crippen LogP contribution < -0.4 is 5.32 Å². The van der Waals surface area contributed by atoms with Gasteiger partial charge >= 0.3 is 0 Å². The van der Waals surface area contributed by atoms with E-state index in [0.717, 1.165) is 5.92 Å². The molecule has 1 saturated heterocycles. The summed E-state index contributed by atoms with van der Waals surface area (Å²) in [5.41, 5.74) is 0.626. The van der Waals surface area contributed by atoms with Crippen molar-refractivity contribution in [2.45, 2.75) is 79.3 Å². The predicted molar refractivity (Wildman–Crippen MR) is 85.6 cm³/mol. The van der Waals surface area contributed by atoms with Crippen LogP contribution in [-0.4, -0.2) is 36.1 Å². The summed E-state index contributed by atoms with van der Waals surface area (Å²) in [6.45, 7) is 20.2. The first-order valence-electron chi connectivity index (χ1n) is 8.13. The minimum atomic E-state index is 0.236. The average molecular weight is 268 g/mol. The van der Waals surface area contributed by atoms with E-state index in [1.165, 1.54) is 38.9 Å². The van der Waals surface area contributed by atoms with Crippen molar-refractivity contribution in [3.8, 4) is 0 Å². The lowest BCUT2D eigenvalue weighted by Gasteiger charge is -2.40. The summed E-state index contributed by atoms with van der Waals surface area (Å²) in [5, 5.41) is 3.90. The summed E-state index contributed by atoms with van der Waals surface area (Å²) in [7, 11) is 0. The van der Waals surface area contributed by atoms with E-state index < -0.39 is 0 Å². The zero-order valence-electron chi connectivity index (χ0n) is 14.3. The smallest absolute Gasteiger partial charge is 0.0132 e. The normalized spacial score (nSPS) is 21.6. The molecule has 1 fully saturated rings. The average Bonchev–Trinajstić information content (AvgIpc) is 2.25. The Balaban J connectivity index is 2.44. The molecule has 0 amide bonds. The number of hydrogen-bond donors (Lipinski definition) is 1. The number of rotatable bonds is 5. The lowest BCUT2D eigenvalue weighted by molar-refractivity contribution is 0.143. The van der Waals surface area contributed by atoms with Gasteiger partial charge in [0.25, 0.3) is 0 Å². The van der Waals surface area contributed by atoms with Crippen molar-refractivity contribution < 1.29 is 0 Å². The van der Waals surface area contributed by atoms with E-state index in [1.807, 2.05) is 0 Å². The molecule has 1 aliphatic heterocycles. The minimum Gasteiger partial charge on any atom is -0.309 e. The van der Waals surface area contributed by atoms with Crippen molar-refractivity contribution >= 4 is 0 Å². The van der Waals surface area contributed by atoms with Crippen LogP contribution in [0.15, 0.2) is 0 Å². The van der Waals surface area contributed by atoms with Gasteiger partial charge in [-0.1, -0.05) is 27.7 Å². The Kier molecular flexibility index (Phi) is 5.88. The molecule has 0 aromatic carbocycles. The second-order valence-corrected chi connectivity index (χ2v) is 8.33. The fourth-order valence-corrected chi connectivity index (χ4v) is 3.88. The highest BCUT2D eigenvalue weighted by molar-refractivity contribution is 4.88. The predicted octanol–water partition coefficient (Wildman–Crippen LogP) is 3.91. The van der Waals surface area contributed by atoms with E-state index in [1.54, 1.807) is 0 Å². The number of hydrogen-bond acceptors (Lipinski definition) is 2. The number of piperidine rings is 1. The molecule has 0 aromatic rings. The standard InChI is InChI=1S/C17H36N2/c1-8-19-11-9-15(10-12-19)14(2)18-17(6,7)13-16(3,4)5/h14-15,18H,8-13H2,1-7H3. The monoisotopic (exact) mass is 268 g/mol. The van der Waals surface area contributed by atoms with Crippen LogP contribution in [0, 0.1) is 11.3 Å². The van der Waals surface area contributed by atoms with Crippen LogP contribution in [0.5, 0.6) is 0 Å². The van der Waals surface area contributed by atoms with Crippen LogP contribution in [-0.2, 0) is 0 Å². The van der Waals surface area contributed by atoms with Gasteiger partial charge in [0.1, 0.15) is 0 Å². The summed E-state index contributed by atoms with van der Waals surface area (Å²) in [6.07, 6.45) is 3.93. The molecule has 2 nitrogen and oxygen atoms in total. The van der Waals surface area contributed by atoms with Crippen LogP contribution in [0.4, 0.5) is 0 Å². The van der Waals surface area contributed by atoms with Crippen LogP contribution in [0.25, 0.3) is 0 Å². The molecule has 1 atom stereocenters. The van der Waals surface area contributed by atoms with Gasteiger partial charge in [-0.15, -0.1) is 0 Å². The van der Waals surface area contributed by atoms with Gasteiger partial charge in [0.05, 0.1) is 0 Å². The summed E-state index contributed by atoms with van der Waals surface area (Å²) in [5.74, 6) is 0.849. The van der Waals surface area contributed by atoms with Crippen LogP contribution in [0.2, 0.25) is 0 Å². The third-order valence-electron chi connectivity index (χ3n) is 4.38. The Hall–Kier alpha value is -0.0800. The van der Waals surface area contributed by atoms with Crippen LogP contribution in [0.1, 0.15) is 67.7 Å². The summed E-state index contributed by atoms with van der Waals surface area (Å²) in [6, 6.07) is 0.636. The second kappa shape index (κ2) is 6.58. The maximum atomic E-state index is 3.90. The largest absolute Gasteiger partial charge is 0.309 e. The maximum absolute atomic E-state index is 3.90. The molecule has 0 saturated carbocycles. The first-order chi connectivity index (χ1) is 8.63. The summed E-state index contributed by atoms with van der Waals surface area (Å²) < 4.78 is 0. The molecule has 0 radical (unpaired) electrons. The molecule has 1 heterocycles. The number of nitrogens with zero attached hydrogens (tertiary/aromatic N) is 1. The molecule has 1 unspecified atom stereocenters. The minimum absolute atomic E-state index is 0.236. The molecule has 0 bridgehead atoms. The second-order valence-electron chi connectivity index (χ2n) is 8.33. The molecule has 1 aliphatic rings. The molecule has 0 aliphatic carbocycles. The van der Waals surface area contributed by atoms with Gasteiger partial charge < -0.3 is 10.2 Å². The Bertz CT molecular complexity index is 257. The van der Waals surface area contributed by atoms with Gasteiger partial charge in [-0.05, 0) is 71.0 Å². The lowest BCUT2D eigenvalue weighted by Crippen LogP contribution is -2.51. The lowest BCUT2D eigenvalue weighted by atomic mass is 9.80. The molecule has 0 aromatic heterocycles. The molecule has 19 heavy (non-hydrogen) atoms. The van der Waals surface area contributed by atoms with Crippen molar-refractivity contribution in [2.75, 3.05) is 19.6 Å². The van der Waals surface area contributed by atoms with Gasteiger partial charge in [0.15, 0.2) is 0 Å². The van der Waals surface area contributed by atoms with Gasteiger partial charge in [0.2, 0.25) is 0 Å². The van der Waals surface area contributed by atoms with Crippen molar-refractivity contribution in [1.82, 2.24) is 10.2 Å². The van der Waals surface area contributed by atoms with Crippen LogP contribution in [0.3, 0.4) is 0 Å². The third-order valence-corrected chi connectivity index (χ3v) is 4.38. The van der Waals surface area contributed by atoms with Gasteiger partial charge in [0, 0.05) is 11.6 Å². The zero-order chi connectivity index (χ0) is 14.7. The highest BCUT2D eigenvalue weighted by Gasteiger charge is 2.30. The topological polar surface area (TPSA) is 15.3 Å². The van der Waals surface area contributed by atoms with E-state index in [9.17, 15) is 0 Å². The van der Waals surface area contributed by atoms with E-state index in [0.29, 0.717) is 11.5 Å². The highest BCUT2D eigenvalue weighted by Crippen LogP contribution is 2.29. The van der Waals surface area contributed by atoms with Crippen molar-refractivity contribution in [3.63, 3.8) is 0 Å². The SMILES string of the molecule is CCN1CCC(C(C)NC(C)(C)CC(C)(C)C)CC1. The fourth-order valence-electron chi connectivity index (χ4n) is 3.88. The molecular formula is C17H36N2. The number of likely N-dealkylation sites (tertiary alicyclic amines) is 1. The van der Waals surface area contributed by atoms with E-state index >= 15 is 0 Å². The Labute approximate surface area is 121 Å². The highest BCUT2D eigenvalue weighted by atomic mass is 15.1. The van der Waals surface area contributed by atoms with Crippen molar-refractivity contribution in [1.29, 1.82) is 0 Å². The molecule has 1 N–H and O–H groups in total. The van der Waals surface area contributed by atoms with E-state index in [2.05, 4.69) is 58.7 Å². The Morgan fingerprint density at radius 3 is 2.05 bits per heavy atom. The third kappa shape index (κ3) is 6.27. The first kappa shape index (κ1) is 17.0. The molecular weight excluding hydrogens is 232 g/mol. The quantitative estimate of drug-likeness (QED) is 0.813. The summed E-state index contributed by atoms with van der Waals surface area (Å²) in [4.78, 5) is 2.57. The summed E-state index contributed by atoms with van der Waals surface area (Å²) >= 11 is 0. The molecule has 2 heteroatoms. The van der Waals surface area contributed by atoms with E-state index in [-0.39, 0.29) is 5.54 Å². The Morgan fingerprint density at radius 2 is 1.63 bits per heavy atom. The van der Waals surface area contributed by atoms with Gasteiger partial charge in [-0.2, -0.15) is 0 Å². The molecule has 1 rings (SSSR count).